The van der Waals surface area contributed by atoms with Crippen molar-refractivity contribution in [2.24, 2.45) is 5.92 Å². The van der Waals surface area contributed by atoms with Gasteiger partial charge in [-0.1, -0.05) is 29.3 Å². The van der Waals surface area contributed by atoms with Gasteiger partial charge in [0.05, 0.1) is 22.8 Å². The van der Waals surface area contributed by atoms with E-state index in [9.17, 15) is 27.9 Å². The molecule has 0 saturated heterocycles. The van der Waals surface area contributed by atoms with Crippen LogP contribution in [0.5, 0.6) is 0 Å². The van der Waals surface area contributed by atoms with Crippen molar-refractivity contribution < 1.29 is 23.1 Å². The molecule has 2 heterocycles. The summed E-state index contributed by atoms with van der Waals surface area (Å²) in [6.45, 7) is -0.754. The maximum absolute atomic E-state index is 13.2. The van der Waals surface area contributed by atoms with Crippen molar-refractivity contribution in [2.75, 3.05) is 13.6 Å². The van der Waals surface area contributed by atoms with Crippen LogP contribution in [0.1, 0.15) is 29.0 Å². The number of carbonyl (C=O) groups is 1. The quantitative estimate of drug-likeness (QED) is 0.306. The molecule has 216 valence electrons. The second-order valence-electron chi connectivity index (χ2n) is 9.81. The highest BCUT2D eigenvalue weighted by atomic mass is 35.5. The van der Waals surface area contributed by atoms with Crippen LogP contribution in [-0.4, -0.2) is 70.9 Å². The van der Waals surface area contributed by atoms with E-state index in [2.05, 4.69) is 15.2 Å². The van der Waals surface area contributed by atoms with Crippen molar-refractivity contribution >= 4 is 29.1 Å². The Kier molecular flexibility index (Phi) is 7.95. The second-order valence-corrected chi connectivity index (χ2v) is 10.7. The van der Waals surface area contributed by atoms with Crippen molar-refractivity contribution in [3.05, 3.63) is 80.7 Å². The molecule has 1 atom stereocenters. The Balaban J connectivity index is 1.47. The zero-order chi connectivity index (χ0) is 29.5. The number of hydrogen-bond acceptors (Lipinski definition) is 6. The van der Waals surface area contributed by atoms with Gasteiger partial charge in [0.15, 0.2) is 17.8 Å². The molecule has 10 nitrogen and oxygen atoms in total. The predicted molar refractivity (Wildman–Crippen MR) is 144 cm³/mol. The number of aliphatic hydroxyl groups is 1. The van der Waals surface area contributed by atoms with Crippen LogP contribution in [0, 0.1) is 5.92 Å². The lowest BCUT2D eigenvalue weighted by atomic mass is 10.1. The number of alkyl halides is 3. The third-order valence-corrected chi connectivity index (χ3v) is 7.17. The van der Waals surface area contributed by atoms with Crippen LogP contribution in [-0.2, 0) is 13.1 Å². The minimum atomic E-state index is -4.95. The van der Waals surface area contributed by atoms with Gasteiger partial charge in [-0.05, 0) is 55.2 Å². The molecule has 41 heavy (non-hydrogen) atoms. The number of amides is 1. The third-order valence-electron chi connectivity index (χ3n) is 6.61. The molecule has 0 radical (unpaired) electrons. The van der Waals surface area contributed by atoms with E-state index in [-0.39, 0.29) is 29.1 Å². The van der Waals surface area contributed by atoms with Crippen molar-refractivity contribution in [2.45, 2.75) is 38.2 Å². The molecule has 0 bridgehead atoms. The number of rotatable bonds is 9. The lowest BCUT2D eigenvalue weighted by Crippen LogP contribution is -2.37. The van der Waals surface area contributed by atoms with Gasteiger partial charge in [0.2, 0.25) is 0 Å². The fourth-order valence-corrected chi connectivity index (χ4v) is 4.69. The van der Waals surface area contributed by atoms with E-state index in [1.54, 1.807) is 30.1 Å². The van der Waals surface area contributed by atoms with Gasteiger partial charge in [-0.2, -0.15) is 13.2 Å². The summed E-state index contributed by atoms with van der Waals surface area (Å²) < 4.78 is 42.4. The molecule has 15 heteroatoms. The molecule has 2 aromatic heterocycles. The van der Waals surface area contributed by atoms with Crippen molar-refractivity contribution in [1.82, 2.24) is 34.0 Å². The van der Waals surface area contributed by atoms with Gasteiger partial charge < -0.3 is 10.0 Å². The topological polar surface area (TPSA) is 111 Å². The zero-order valence-corrected chi connectivity index (χ0v) is 23.1. The van der Waals surface area contributed by atoms with Gasteiger partial charge in [0.25, 0.3) is 5.91 Å². The summed E-state index contributed by atoms with van der Waals surface area (Å²) in [5.41, 5.74) is 0.0101. The summed E-state index contributed by atoms with van der Waals surface area (Å²) in [4.78, 5) is 32.2. The van der Waals surface area contributed by atoms with Crippen LogP contribution in [0.3, 0.4) is 0 Å². The number of aliphatic hydroxyl groups excluding tert-OH is 1. The molecule has 4 aromatic rings. The second kappa shape index (κ2) is 11.3. The van der Waals surface area contributed by atoms with E-state index in [1.165, 1.54) is 35.3 Å². The van der Waals surface area contributed by atoms with Gasteiger partial charge in [-0.15, -0.1) is 10.2 Å². The average Bonchev–Trinajstić information content (AvgIpc) is 3.54. The van der Waals surface area contributed by atoms with Gasteiger partial charge in [0, 0.05) is 24.2 Å². The highest BCUT2D eigenvalue weighted by molar-refractivity contribution is 6.33. The Bertz CT molecular complexity index is 1630. The first kappa shape index (κ1) is 28.8. The summed E-state index contributed by atoms with van der Waals surface area (Å²) in [6.07, 6.45) is -4.26. The SMILES string of the molecule is CN(CC1CC1)C(=O)c1cccc(Cl)c1-n1cnc(Cn2nc(-c3ccc(Cl)cc3)n(C[C@H](O)C(F)(F)F)c2=O)n1. The number of benzene rings is 2. The zero-order valence-electron chi connectivity index (χ0n) is 21.6. The van der Waals surface area contributed by atoms with Crippen molar-refractivity contribution in [3.8, 4) is 17.1 Å². The van der Waals surface area contributed by atoms with Crippen molar-refractivity contribution in [3.63, 3.8) is 0 Å². The van der Waals surface area contributed by atoms with Gasteiger partial charge >= 0.3 is 11.9 Å². The normalized spacial score (nSPS) is 14.3. The monoisotopic (exact) mass is 609 g/mol. The predicted octanol–water partition coefficient (Wildman–Crippen LogP) is 4.05. The van der Waals surface area contributed by atoms with E-state index in [1.807, 2.05) is 0 Å². The first-order chi connectivity index (χ1) is 19.4. The highest BCUT2D eigenvalue weighted by Gasteiger charge is 2.39. The van der Waals surface area contributed by atoms with Crippen LogP contribution in [0.2, 0.25) is 10.0 Å². The van der Waals surface area contributed by atoms with Gasteiger partial charge in [-0.3, -0.25) is 9.36 Å². The van der Waals surface area contributed by atoms with Gasteiger partial charge in [-0.25, -0.2) is 19.1 Å². The molecule has 5 rings (SSSR count). The van der Waals surface area contributed by atoms with Gasteiger partial charge in [0.1, 0.15) is 12.9 Å². The Morgan fingerprint density at radius 1 is 1.15 bits per heavy atom. The fraction of sp³-hybridized carbons (Fsp3) is 0.346. The van der Waals surface area contributed by atoms with Crippen LogP contribution >= 0.6 is 23.2 Å². The first-order valence-corrected chi connectivity index (χ1v) is 13.3. The summed E-state index contributed by atoms with van der Waals surface area (Å²) >= 11 is 12.4. The molecule has 1 amide bonds. The number of aromatic nitrogens is 6. The molecule has 2 aromatic carbocycles. The van der Waals surface area contributed by atoms with E-state index < -0.39 is 24.5 Å². The summed E-state index contributed by atoms with van der Waals surface area (Å²) in [5, 5.41) is 18.9. The number of hydrogen-bond donors (Lipinski definition) is 1. The number of nitrogens with zero attached hydrogens (tertiary/aromatic N) is 7. The molecular weight excluding hydrogens is 586 g/mol. The standard InChI is InChI=1S/C26H24Cl2F3N7O3/c1-35(11-15-5-6-15)24(40)18-3-2-4-19(28)22(18)38-14-32-21(33-38)13-37-25(41)36(12-20(39)26(29,30)31)23(34-37)16-7-9-17(27)10-8-16/h2-4,7-10,14-15,20,39H,5-6,11-13H2,1H3/t20-/m0/s1. The number of para-hydroxylation sites is 1. The maximum atomic E-state index is 13.2. The van der Waals surface area contributed by atoms with Crippen LogP contribution < -0.4 is 5.69 Å². The summed E-state index contributed by atoms with van der Waals surface area (Å²) in [6, 6.07) is 10.9. The molecular formula is C26H24Cl2F3N7O3. The fourth-order valence-electron chi connectivity index (χ4n) is 4.31. The Hall–Kier alpha value is -3.68. The molecule has 1 saturated carbocycles. The summed E-state index contributed by atoms with van der Waals surface area (Å²) in [5.74, 6) is 0.224. The van der Waals surface area contributed by atoms with Crippen molar-refractivity contribution in [1.29, 1.82) is 0 Å². The van der Waals surface area contributed by atoms with Crippen LogP contribution in [0.4, 0.5) is 13.2 Å². The Morgan fingerprint density at radius 2 is 1.85 bits per heavy atom. The largest absolute Gasteiger partial charge is 0.416 e. The molecule has 1 aliphatic carbocycles. The lowest BCUT2D eigenvalue weighted by Gasteiger charge is -2.19. The minimum Gasteiger partial charge on any atom is -0.382 e. The molecule has 0 aliphatic heterocycles. The van der Waals surface area contributed by atoms with E-state index in [0.717, 1.165) is 22.1 Å². The Labute approximate surface area is 241 Å². The molecule has 1 aliphatic rings. The maximum Gasteiger partial charge on any atom is 0.416 e. The molecule has 0 unspecified atom stereocenters. The third kappa shape index (κ3) is 6.31. The Morgan fingerprint density at radius 3 is 2.51 bits per heavy atom. The van der Waals surface area contributed by atoms with Crippen LogP contribution in [0.15, 0.2) is 53.6 Å². The van der Waals surface area contributed by atoms with E-state index in [0.29, 0.717) is 34.3 Å². The number of carbonyl (C=O) groups excluding carboxylic acids is 1. The first-order valence-electron chi connectivity index (χ1n) is 12.6. The molecule has 1 N–H and O–H groups in total. The van der Waals surface area contributed by atoms with E-state index >= 15 is 0 Å². The highest BCUT2D eigenvalue weighted by Crippen LogP contribution is 2.31. The molecule has 0 spiro atoms. The molecule has 1 fully saturated rings. The minimum absolute atomic E-state index is 0.0837. The number of halogens is 5. The average molecular weight is 610 g/mol. The summed E-state index contributed by atoms with van der Waals surface area (Å²) in [7, 11) is 1.72. The lowest BCUT2D eigenvalue weighted by molar-refractivity contribution is -0.207. The smallest absolute Gasteiger partial charge is 0.382 e. The van der Waals surface area contributed by atoms with Crippen LogP contribution in [0.25, 0.3) is 17.1 Å². The van der Waals surface area contributed by atoms with E-state index in [4.69, 9.17) is 23.2 Å².